The SMILES string of the molecule is CCCCCCCCc1ccc(OS(=O)(=O)CCOCC)cc1.[H-].[Na+]. The van der Waals surface area contributed by atoms with E-state index in [2.05, 4.69) is 6.92 Å². The average molecular weight is 366 g/mol. The third kappa shape index (κ3) is 11.5. The van der Waals surface area contributed by atoms with Gasteiger partial charge in [-0.15, -0.1) is 0 Å². The van der Waals surface area contributed by atoms with Gasteiger partial charge in [0.2, 0.25) is 0 Å². The number of unbranched alkanes of at least 4 members (excludes halogenated alkanes) is 5. The quantitative estimate of drug-likeness (QED) is 0.301. The van der Waals surface area contributed by atoms with Crippen LogP contribution < -0.4 is 33.7 Å². The second-order valence-corrected chi connectivity index (χ2v) is 7.39. The number of benzene rings is 1. The molecule has 0 spiro atoms. The molecule has 1 rings (SSSR count). The largest absolute Gasteiger partial charge is 1.00 e. The van der Waals surface area contributed by atoms with Crippen molar-refractivity contribution >= 4 is 10.1 Å². The van der Waals surface area contributed by atoms with Crippen LogP contribution >= 0.6 is 0 Å². The Hall–Kier alpha value is -0.0700. The van der Waals surface area contributed by atoms with Crippen molar-refractivity contribution in [1.29, 1.82) is 0 Å². The van der Waals surface area contributed by atoms with Crippen LogP contribution in [-0.4, -0.2) is 27.4 Å². The summed E-state index contributed by atoms with van der Waals surface area (Å²) < 4.78 is 33.6. The number of hydrogen-bond donors (Lipinski definition) is 0. The van der Waals surface area contributed by atoms with Crippen molar-refractivity contribution in [3.8, 4) is 5.75 Å². The van der Waals surface area contributed by atoms with Crippen molar-refractivity contribution < 1.29 is 48.3 Å². The van der Waals surface area contributed by atoms with E-state index in [4.69, 9.17) is 8.92 Å². The molecule has 0 aliphatic rings. The first-order chi connectivity index (χ1) is 11.1. The Bertz CT molecular complexity index is 520. The Morgan fingerprint density at radius 2 is 1.58 bits per heavy atom. The Labute approximate surface area is 171 Å². The zero-order chi connectivity index (χ0) is 17.0. The number of ether oxygens (including phenoxy) is 1. The van der Waals surface area contributed by atoms with Gasteiger partial charge in [0.15, 0.2) is 0 Å². The Balaban J connectivity index is 0. The first-order valence-corrected chi connectivity index (χ1v) is 10.2. The molecule has 24 heavy (non-hydrogen) atoms. The molecule has 0 unspecified atom stereocenters. The maximum Gasteiger partial charge on any atom is 1.00 e. The minimum atomic E-state index is -3.57. The van der Waals surface area contributed by atoms with Gasteiger partial charge in [-0.1, -0.05) is 51.2 Å². The summed E-state index contributed by atoms with van der Waals surface area (Å²) >= 11 is 0. The molecular weight excluding hydrogens is 335 g/mol. The van der Waals surface area contributed by atoms with Crippen LogP contribution in [0, 0.1) is 0 Å². The van der Waals surface area contributed by atoms with E-state index >= 15 is 0 Å². The molecule has 0 fully saturated rings. The Morgan fingerprint density at radius 3 is 2.21 bits per heavy atom. The fourth-order valence-electron chi connectivity index (χ4n) is 2.31. The third-order valence-corrected chi connectivity index (χ3v) is 4.76. The molecule has 4 nitrogen and oxygen atoms in total. The summed E-state index contributed by atoms with van der Waals surface area (Å²) in [7, 11) is -3.57. The number of hydrogen-bond acceptors (Lipinski definition) is 4. The van der Waals surface area contributed by atoms with Crippen molar-refractivity contribution in [2.75, 3.05) is 19.0 Å². The van der Waals surface area contributed by atoms with Crippen molar-refractivity contribution in [3.63, 3.8) is 0 Å². The van der Waals surface area contributed by atoms with Gasteiger partial charge in [0.05, 0.1) is 6.61 Å². The van der Waals surface area contributed by atoms with E-state index in [1.165, 1.54) is 44.1 Å². The zero-order valence-corrected chi connectivity index (χ0v) is 18.2. The standard InChI is InChI=1S/C18H30O4S.Na.H/c1-3-5-6-7-8-9-10-17-11-13-18(14-12-17)22-23(19,20)16-15-21-4-2;;/h11-14H,3-10,15-16H2,1-2H3;;/q;+1;-1. The second kappa shape index (κ2) is 14.1. The number of aryl methyl sites for hydroxylation is 1. The maximum absolute atomic E-state index is 11.8. The predicted molar refractivity (Wildman–Crippen MR) is 95.5 cm³/mol. The van der Waals surface area contributed by atoms with Gasteiger partial charge in [-0.25, -0.2) is 0 Å². The fourth-order valence-corrected chi connectivity index (χ4v) is 3.12. The van der Waals surface area contributed by atoms with Gasteiger partial charge in [0, 0.05) is 6.61 Å². The number of rotatable bonds is 13. The van der Waals surface area contributed by atoms with E-state index in [0.717, 1.165) is 6.42 Å². The van der Waals surface area contributed by atoms with Crippen LogP contribution in [0.2, 0.25) is 0 Å². The molecule has 134 valence electrons. The van der Waals surface area contributed by atoms with Gasteiger partial charge in [0.1, 0.15) is 11.5 Å². The molecule has 0 aliphatic heterocycles. The van der Waals surface area contributed by atoms with Crippen molar-refractivity contribution in [2.24, 2.45) is 0 Å². The molecule has 0 amide bonds. The predicted octanol–water partition coefficient (Wildman–Crippen LogP) is 1.45. The van der Waals surface area contributed by atoms with Gasteiger partial charge in [-0.05, 0) is 37.5 Å². The van der Waals surface area contributed by atoms with Gasteiger partial charge in [-0.3, -0.25) is 0 Å². The van der Waals surface area contributed by atoms with E-state index in [-0.39, 0.29) is 43.3 Å². The second-order valence-electron chi connectivity index (χ2n) is 5.70. The molecular formula is C18H31NaO4S. The zero-order valence-electron chi connectivity index (χ0n) is 16.4. The van der Waals surface area contributed by atoms with E-state index < -0.39 is 10.1 Å². The minimum absolute atomic E-state index is 0. The summed E-state index contributed by atoms with van der Waals surface area (Å²) in [5.74, 6) is 0.244. The molecule has 6 heteroatoms. The van der Waals surface area contributed by atoms with Crippen LogP contribution in [0.3, 0.4) is 0 Å². The average Bonchev–Trinajstić information content (AvgIpc) is 2.52. The molecule has 0 atom stereocenters. The van der Waals surface area contributed by atoms with E-state index in [9.17, 15) is 8.42 Å². The van der Waals surface area contributed by atoms with Crippen LogP contribution in [0.4, 0.5) is 0 Å². The fraction of sp³-hybridized carbons (Fsp3) is 0.667. The molecule has 0 aliphatic carbocycles. The van der Waals surface area contributed by atoms with Crippen LogP contribution in [0.15, 0.2) is 24.3 Å². The van der Waals surface area contributed by atoms with Gasteiger partial charge >= 0.3 is 39.7 Å². The van der Waals surface area contributed by atoms with E-state index in [1.54, 1.807) is 12.1 Å². The Morgan fingerprint density at radius 1 is 0.958 bits per heavy atom. The minimum Gasteiger partial charge on any atom is -1.00 e. The third-order valence-electron chi connectivity index (χ3n) is 3.65. The van der Waals surface area contributed by atoms with E-state index in [0.29, 0.717) is 12.4 Å². The van der Waals surface area contributed by atoms with Gasteiger partial charge in [-0.2, -0.15) is 8.42 Å². The molecule has 0 N–H and O–H groups in total. The molecule has 0 radical (unpaired) electrons. The summed E-state index contributed by atoms with van der Waals surface area (Å²) in [6.07, 6.45) is 8.68. The van der Waals surface area contributed by atoms with Crippen molar-refractivity contribution in [2.45, 2.75) is 58.8 Å². The maximum atomic E-state index is 11.8. The van der Waals surface area contributed by atoms with Crippen molar-refractivity contribution in [1.82, 2.24) is 0 Å². The molecule has 0 bridgehead atoms. The van der Waals surface area contributed by atoms with Crippen LogP contribution in [0.1, 0.15) is 59.4 Å². The van der Waals surface area contributed by atoms with E-state index in [1.807, 2.05) is 19.1 Å². The summed E-state index contributed by atoms with van der Waals surface area (Å²) in [4.78, 5) is 0. The first kappa shape index (κ1) is 23.9. The molecule has 0 heterocycles. The summed E-state index contributed by atoms with van der Waals surface area (Å²) in [6.45, 7) is 4.72. The van der Waals surface area contributed by atoms with Gasteiger partial charge in [0.25, 0.3) is 0 Å². The summed E-state index contributed by atoms with van der Waals surface area (Å²) in [5.41, 5.74) is 1.22. The van der Waals surface area contributed by atoms with Crippen LogP contribution in [0.5, 0.6) is 5.75 Å². The summed E-state index contributed by atoms with van der Waals surface area (Å²) in [5, 5.41) is 0. The molecule has 1 aromatic rings. The van der Waals surface area contributed by atoms with Crippen LogP contribution in [-0.2, 0) is 21.3 Å². The molecule has 0 aromatic heterocycles. The molecule has 0 saturated carbocycles. The topological polar surface area (TPSA) is 52.6 Å². The smallest absolute Gasteiger partial charge is 1.00 e. The summed E-state index contributed by atoms with van der Waals surface area (Å²) in [6, 6.07) is 7.34. The monoisotopic (exact) mass is 366 g/mol. The van der Waals surface area contributed by atoms with Gasteiger partial charge < -0.3 is 10.3 Å². The van der Waals surface area contributed by atoms with Crippen molar-refractivity contribution in [3.05, 3.63) is 29.8 Å². The Kier molecular flexibility index (Phi) is 14.1. The molecule has 0 saturated heterocycles. The molecule has 1 aromatic carbocycles. The first-order valence-electron chi connectivity index (χ1n) is 8.66. The normalized spacial score (nSPS) is 11.1. The van der Waals surface area contributed by atoms with Crippen LogP contribution in [0.25, 0.3) is 0 Å².